The van der Waals surface area contributed by atoms with Crippen molar-refractivity contribution in [3.63, 3.8) is 0 Å². The van der Waals surface area contributed by atoms with Crippen molar-refractivity contribution in [2.75, 3.05) is 31.6 Å². The van der Waals surface area contributed by atoms with Crippen molar-refractivity contribution in [2.24, 2.45) is 0 Å². The second-order valence-electron chi connectivity index (χ2n) is 5.17. The zero-order valence-corrected chi connectivity index (χ0v) is 12.3. The maximum atomic E-state index is 6.17. The molecule has 100 valence electrons. The molecule has 1 aliphatic heterocycles. The molecule has 4 nitrogen and oxygen atoms in total. The Balaban J connectivity index is 2.35. The van der Waals surface area contributed by atoms with Gasteiger partial charge in [-0.25, -0.2) is 9.97 Å². The molecule has 0 aliphatic carbocycles. The lowest BCUT2D eigenvalue weighted by Gasteiger charge is -2.30. The number of nitrogens with zero attached hydrogens (tertiary/aromatic N) is 4. The van der Waals surface area contributed by atoms with Crippen molar-refractivity contribution in [1.82, 2.24) is 14.9 Å². The van der Waals surface area contributed by atoms with Crippen LogP contribution in [0.5, 0.6) is 0 Å². The Kier molecular flexibility index (Phi) is 4.07. The summed E-state index contributed by atoms with van der Waals surface area (Å²) in [5.41, 5.74) is 0.985. The highest BCUT2D eigenvalue weighted by Gasteiger charge is 2.23. The van der Waals surface area contributed by atoms with E-state index >= 15 is 0 Å². The van der Waals surface area contributed by atoms with Crippen LogP contribution in [0, 0.1) is 13.8 Å². The van der Waals surface area contributed by atoms with Gasteiger partial charge in [0.2, 0.25) is 0 Å². The van der Waals surface area contributed by atoms with Crippen LogP contribution in [0.4, 0.5) is 5.82 Å². The summed E-state index contributed by atoms with van der Waals surface area (Å²) < 4.78 is 0. The van der Waals surface area contributed by atoms with Gasteiger partial charge in [-0.15, -0.1) is 0 Å². The lowest BCUT2D eigenvalue weighted by Crippen LogP contribution is -2.39. The number of anilines is 1. The molecule has 2 heterocycles. The zero-order valence-electron chi connectivity index (χ0n) is 11.6. The molecule has 1 unspecified atom stereocenters. The van der Waals surface area contributed by atoms with Crippen LogP contribution in [-0.2, 0) is 0 Å². The molecule has 0 N–H and O–H groups in total. The Morgan fingerprint density at radius 2 is 1.94 bits per heavy atom. The summed E-state index contributed by atoms with van der Waals surface area (Å²) >= 11 is 6.17. The topological polar surface area (TPSA) is 32.3 Å². The first kappa shape index (κ1) is 13.6. The number of halogens is 1. The molecule has 1 aliphatic rings. The summed E-state index contributed by atoms with van der Waals surface area (Å²) in [4.78, 5) is 13.5. The first-order chi connectivity index (χ1) is 8.49. The minimum atomic E-state index is 0.446. The highest BCUT2D eigenvalue weighted by Crippen LogP contribution is 2.26. The summed E-state index contributed by atoms with van der Waals surface area (Å²) in [6.45, 7) is 9.35. The van der Waals surface area contributed by atoms with Gasteiger partial charge in [0.05, 0.1) is 0 Å². The van der Waals surface area contributed by atoms with Crippen molar-refractivity contribution < 1.29 is 0 Å². The third-order valence-electron chi connectivity index (χ3n) is 3.49. The Morgan fingerprint density at radius 3 is 2.67 bits per heavy atom. The van der Waals surface area contributed by atoms with E-state index in [1.807, 2.05) is 13.8 Å². The maximum absolute atomic E-state index is 6.17. The molecule has 1 aromatic rings. The Morgan fingerprint density at radius 1 is 1.22 bits per heavy atom. The van der Waals surface area contributed by atoms with Crippen molar-refractivity contribution in [2.45, 2.75) is 33.2 Å². The van der Waals surface area contributed by atoms with Crippen LogP contribution < -0.4 is 4.90 Å². The van der Waals surface area contributed by atoms with E-state index in [1.54, 1.807) is 0 Å². The van der Waals surface area contributed by atoms with E-state index in [4.69, 9.17) is 11.6 Å². The van der Waals surface area contributed by atoms with Gasteiger partial charge in [-0.3, -0.25) is 0 Å². The molecule has 0 saturated carbocycles. The van der Waals surface area contributed by atoms with Gasteiger partial charge >= 0.3 is 0 Å². The fraction of sp³-hybridized carbons (Fsp3) is 0.692. The molecule has 1 fully saturated rings. The number of likely N-dealkylation sites (N-methyl/N-ethyl adjacent to an activating group) is 1. The SMILES string of the molecule is Cc1nc(Cl)c(C)c(N2CCCN(C)CC2C)n1. The average molecular weight is 269 g/mol. The Hall–Kier alpha value is -0.870. The predicted molar refractivity (Wildman–Crippen MR) is 75.4 cm³/mol. The van der Waals surface area contributed by atoms with Gasteiger partial charge in [-0.05, 0) is 40.8 Å². The zero-order chi connectivity index (χ0) is 13.3. The van der Waals surface area contributed by atoms with Gasteiger partial charge < -0.3 is 9.80 Å². The lowest BCUT2D eigenvalue weighted by molar-refractivity contribution is 0.337. The summed E-state index contributed by atoms with van der Waals surface area (Å²) in [5.74, 6) is 1.74. The van der Waals surface area contributed by atoms with Gasteiger partial charge in [-0.2, -0.15) is 0 Å². The minimum absolute atomic E-state index is 0.446. The lowest BCUT2D eigenvalue weighted by atomic mass is 10.2. The van der Waals surface area contributed by atoms with Crippen molar-refractivity contribution >= 4 is 17.4 Å². The molecule has 0 amide bonds. The van der Waals surface area contributed by atoms with E-state index in [-0.39, 0.29) is 0 Å². The summed E-state index contributed by atoms with van der Waals surface area (Å²) in [5, 5.41) is 0.572. The third-order valence-corrected chi connectivity index (χ3v) is 3.86. The molecular formula is C13H21ClN4. The molecular weight excluding hydrogens is 248 g/mol. The molecule has 0 spiro atoms. The monoisotopic (exact) mass is 268 g/mol. The number of aryl methyl sites for hydroxylation is 1. The molecule has 1 aromatic heterocycles. The van der Waals surface area contributed by atoms with E-state index in [2.05, 4.69) is 33.7 Å². The van der Waals surface area contributed by atoms with Gasteiger partial charge in [0.15, 0.2) is 0 Å². The molecule has 5 heteroatoms. The molecule has 0 aromatic carbocycles. The summed E-state index contributed by atoms with van der Waals surface area (Å²) in [6.07, 6.45) is 1.15. The van der Waals surface area contributed by atoms with E-state index < -0.39 is 0 Å². The highest BCUT2D eigenvalue weighted by atomic mass is 35.5. The first-order valence-electron chi connectivity index (χ1n) is 6.45. The number of hydrogen-bond donors (Lipinski definition) is 0. The summed E-state index contributed by atoms with van der Waals surface area (Å²) in [7, 11) is 2.17. The van der Waals surface area contributed by atoms with Crippen molar-refractivity contribution in [3.05, 3.63) is 16.5 Å². The van der Waals surface area contributed by atoms with Crippen LogP contribution in [0.2, 0.25) is 5.15 Å². The van der Waals surface area contributed by atoms with Crippen LogP contribution in [0.1, 0.15) is 24.7 Å². The number of hydrogen-bond acceptors (Lipinski definition) is 4. The van der Waals surface area contributed by atoms with Crippen LogP contribution in [0.15, 0.2) is 0 Å². The summed E-state index contributed by atoms with van der Waals surface area (Å²) in [6, 6.07) is 0.446. The quantitative estimate of drug-likeness (QED) is 0.732. The first-order valence-corrected chi connectivity index (χ1v) is 6.82. The van der Waals surface area contributed by atoms with Crippen LogP contribution in [-0.4, -0.2) is 47.6 Å². The standard InChI is InChI=1S/C13H21ClN4/c1-9-8-17(4)6-5-7-18(9)13-10(2)12(14)15-11(3)16-13/h9H,5-8H2,1-4H3. The fourth-order valence-electron chi connectivity index (χ4n) is 2.55. The minimum Gasteiger partial charge on any atom is -0.352 e. The van der Waals surface area contributed by atoms with Gasteiger partial charge in [0.25, 0.3) is 0 Å². The van der Waals surface area contributed by atoms with Crippen LogP contribution >= 0.6 is 11.6 Å². The van der Waals surface area contributed by atoms with E-state index in [1.165, 1.54) is 0 Å². The van der Waals surface area contributed by atoms with Crippen molar-refractivity contribution in [1.29, 1.82) is 0 Å². The second-order valence-corrected chi connectivity index (χ2v) is 5.53. The molecule has 2 rings (SSSR count). The number of rotatable bonds is 1. The maximum Gasteiger partial charge on any atom is 0.137 e. The smallest absolute Gasteiger partial charge is 0.137 e. The highest BCUT2D eigenvalue weighted by molar-refractivity contribution is 6.30. The van der Waals surface area contributed by atoms with E-state index in [0.29, 0.717) is 11.2 Å². The van der Waals surface area contributed by atoms with Crippen molar-refractivity contribution in [3.8, 4) is 0 Å². The number of aromatic nitrogens is 2. The van der Waals surface area contributed by atoms with Gasteiger partial charge in [0, 0.05) is 24.7 Å². The third kappa shape index (κ3) is 2.75. The van der Waals surface area contributed by atoms with Crippen LogP contribution in [0.3, 0.4) is 0 Å². The molecule has 1 atom stereocenters. The van der Waals surface area contributed by atoms with E-state index in [0.717, 1.165) is 43.3 Å². The largest absolute Gasteiger partial charge is 0.352 e. The average Bonchev–Trinajstić information content (AvgIpc) is 2.45. The Bertz CT molecular complexity index is 435. The van der Waals surface area contributed by atoms with Gasteiger partial charge in [-0.1, -0.05) is 11.6 Å². The Labute approximate surface area is 114 Å². The molecule has 18 heavy (non-hydrogen) atoms. The normalized spacial score (nSPS) is 22.1. The van der Waals surface area contributed by atoms with Crippen LogP contribution in [0.25, 0.3) is 0 Å². The molecule has 0 radical (unpaired) electrons. The second kappa shape index (κ2) is 5.41. The van der Waals surface area contributed by atoms with Gasteiger partial charge in [0.1, 0.15) is 16.8 Å². The molecule has 1 saturated heterocycles. The van der Waals surface area contributed by atoms with E-state index in [9.17, 15) is 0 Å². The fourth-order valence-corrected chi connectivity index (χ4v) is 2.75. The molecule has 0 bridgehead atoms. The predicted octanol–water partition coefficient (Wildman–Crippen LogP) is 2.28.